The molecule has 0 aromatic carbocycles. The molecule has 0 saturated heterocycles. The second-order valence-electron chi connectivity index (χ2n) is 3.58. The highest BCUT2D eigenvalue weighted by molar-refractivity contribution is 5.47. The zero-order valence-electron chi connectivity index (χ0n) is 9.60. The summed E-state index contributed by atoms with van der Waals surface area (Å²) in [6, 6.07) is 6.99. The number of hydrogen-bond acceptors (Lipinski definition) is 4. The lowest BCUT2D eigenvalue weighted by Gasteiger charge is -2.04. The monoisotopic (exact) mass is 230 g/mol. The summed E-state index contributed by atoms with van der Waals surface area (Å²) in [5.41, 5.74) is 1.23. The first-order valence-corrected chi connectivity index (χ1v) is 5.52. The van der Waals surface area contributed by atoms with Crippen LogP contribution in [0.4, 0.5) is 0 Å². The number of pyridine rings is 1. The van der Waals surface area contributed by atoms with Crippen molar-refractivity contribution in [3.05, 3.63) is 46.5 Å². The van der Waals surface area contributed by atoms with E-state index in [9.17, 15) is 4.79 Å². The maximum absolute atomic E-state index is 11.5. The molecule has 5 nitrogen and oxygen atoms in total. The number of H-pyrrole nitrogens is 1. The molecule has 88 valence electrons. The van der Waals surface area contributed by atoms with E-state index < -0.39 is 0 Å². The van der Waals surface area contributed by atoms with E-state index in [1.165, 1.54) is 6.07 Å². The molecule has 0 unspecified atom stereocenters. The summed E-state index contributed by atoms with van der Waals surface area (Å²) in [7, 11) is 0. The first kappa shape index (κ1) is 11.5. The van der Waals surface area contributed by atoms with Crippen LogP contribution in [0, 0.1) is 0 Å². The molecule has 17 heavy (non-hydrogen) atoms. The summed E-state index contributed by atoms with van der Waals surface area (Å²) in [6.07, 6.45) is 1.67. The van der Waals surface area contributed by atoms with Gasteiger partial charge in [0.05, 0.1) is 5.69 Å². The minimum atomic E-state index is -0.159. The summed E-state index contributed by atoms with van der Waals surface area (Å²) >= 11 is 0. The van der Waals surface area contributed by atoms with Crippen molar-refractivity contribution in [1.82, 2.24) is 20.3 Å². The third-order valence-corrected chi connectivity index (χ3v) is 2.26. The molecule has 0 saturated carbocycles. The molecule has 2 aromatic rings. The molecule has 2 heterocycles. The molecule has 0 amide bonds. The van der Waals surface area contributed by atoms with Gasteiger partial charge in [0, 0.05) is 18.8 Å². The molecule has 0 radical (unpaired) electrons. The molecule has 0 atom stereocenters. The lowest BCUT2D eigenvalue weighted by atomic mass is 10.3. The molecule has 0 aliphatic carbocycles. The van der Waals surface area contributed by atoms with Crippen LogP contribution in [0.1, 0.15) is 12.6 Å². The SMILES string of the molecule is CCNCc1cc(=O)[nH]c(-c2ccccn2)n1. The van der Waals surface area contributed by atoms with Crippen LogP contribution < -0.4 is 10.9 Å². The Kier molecular flexibility index (Phi) is 3.62. The molecule has 0 aliphatic heterocycles. The molecular weight excluding hydrogens is 216 g/mol. The zero-order chi connectivity index (χ0) is 12.1. The van der Waals surface area contributed by atoms with Crippen LogP contribution in [-0.2, 0) is 6.54 Å². The van der Waals surface area contributed by atoms with E-state index in [-0.39, 0.29) is 5.56 Å². The van der Waals surface area contributed by atoms with E-state index in [4.69, 9.17) is 0 Å². The van der Waals surface area contributed by atoms with E-state index in [0.29, 0.717) is 18.1 Å². The van der Waals surface area contributed by atoms with Gasteiger partial charge >= 0.3 is 0 Å². The largest absolute Gasteiger partial charge is 0.311 e. The predicted octanol–water partition coefficient (Wildman–Crippen LogP) is 0.941. The van der Waals surface area contributed by atoms with Crippen molar-refractivity contribution in [3.8, 4) is 11.5 Å². The van der Waals surface area contributed by atoms with Crippen molar-refractivity contribution < 1.29 is 0 Å². The molecule has 0 bridgehead atoms. The lowest BCUT2D eigenvalue weighted by Crippen LogP contribution is -2.17. The Labute approximate surface area is 99.0 Å². The Morgan fingerprint density at radius 3 is 3.00 bits per heavy atom. The van der Waals surface area contributed by atoms with Crippen LogP contribution in [-0.4, -0.2) is 21.5 Å². The van der Waals surface area contributed by atoms with Crippen LogP contribution in [0.25, 0.3) is 11.5 Å². The van der Waals surface area contributed by atoms with Gasteiger partial charge in [-0.05, 0) is 18.7 Å². The van der Waals surface area contributed by atoms with Gasteiger partial charge < -0.3 is 10.3 Å². The fourth-order valence-electron chi connectivity index (χ4n) is 1.48. The maximum Gasteiger partial charge on any atom is 0.251 e. The minimum Gasteiger partial charge on any atom is -0.311 e. The Morgan fingerprint density at radius 2 is 2.29 bits per heavy atom. The van der Waals surface area contributed by atoms with Crippen LogP contribution in [0.15, 0.2) is 35.3 Å². The molecular formula is C12H14N4O. The molecule has 0 aliphatic rings. The number of nitrogens with zero attached hydrogens (tertiary/aromatic N) is 2. The van der Waals surface area contributed by atoms with E-state index >= 15 is 0 Å². The van der Waals surface area contributed by atoms with Crippen molar-refractivity contribution in [1.29, 1.82) is 0 Å². The molecule has 0 spiro atoms. The van der Waals surface area contributed by atoms with Crippen molar-refractivity contribution in [2.24, 2.45) is 0 Å². The fourth-order valence-corrected chi connectivity index (χ4v) is 1.48. The van der Waals surface area contributed by atoms with Gasteiger partial charge in [0.25, 0.3) is 5.56 Å². The summed E-state index contributed by atoms with van der Waals surface area (Å²) in [4.78, 5) is 22.7. The Bertz CT molecular complexity index is 536. The Morgan fingerprint density at radius 1 is 1.41 bits per heavy atom. The van der Waals surface area contributed by atoms with Gasteiger partial charge in [-0.1, -0.05) is 13.0 Å². The third kappa shape index (κ3) is 2.98. The third-order valence-electron chi connectivity index (χ3n) is 2.26. The van der Waals surface area contributed by atoms with Gasteiger partial charge in [0.2, 0.25) is 0 Å². The van der Waals surface area contributed by atoms with E-state index in [1.54, 1.807) is 6.20 Å². The van der Waals surface area contributed by atoms with Gasteiger partial charge in [-0.15, -0.1) is 0 Å². The molecule has 2 aromatic heterocycles. The molecule has 2 rings (SSSR count). The summed E-state index contributed by atoms with van der Waals surface area (Å²) < 4.78 is 0. The maximum atomic E-state index is 11.5. The average molecular weight is 230 g/mol. The lowest BCUT2D eigenvalue weighted by molar-refractivity contribution is 0.707. The van der Waals surface area contributed by atoms with Gasteiger partial charge in [-0.3, -0.25) is 9.78 Å². The number of aromatic nitrogens is 3. The first-order valence-electron chi connectivity index (χ1n) is 5.52. The number of hydrogen-bond donors (Lipinski definition) is 2. The summed E-state index contributed by atoms with van der Waals surface area (Å²) in [6.45, 7) is 3.43. The standard InChI is InChI=1S/C12H14N4O/c1-2-13-8-9-7-11(17)16-12(15-9)10-5-3-4-6-14-10/h3-7,13H,2,8H2,1H3,(H,15,16,17). The van der Waals surface area contributed by atoms with E-state index in [2.05, 4.69) is 20.3 Å². The van der Waals surface area contributed by atoms with Gasteiger partial charge in [0.1, 0.15) is 5.69 Å². The molecule has 0 fully saturated rings. The highest BCUT2D eigenvalue weighted by Gasteiger charge is 2.04. The van der Waals surface area contributed by atoms with E-state index in [0.717, 1.165) is 12.2 Å². The smallest absolute Gasteiger partial charge is 0.251 e. The summed E-state index contributed by atoms with van der Waals surface area (Å²) in [5.74, 6) is 0.506. The van der Waals surface area contributed by atoms with Crippen molar-refractivity contribution in [2.75, 3.05) is 6.54 Å². The molecule has 5 heteroatoms. The first-order chi connectivity index (χ1) is 8.29. The van der Waals surface area contributed by atoms with Crippen LogP contribution in [0.5, 0.6) is 0 Å². The van der Waals surface area contributed by atoms with Crippen molar-refractivity contribution >= 4 is 0 Å². The van der Waals surface area contributed by atoms with Crippen LogP contribution >= 0.6 is 0 Å². The van der Waals surface area contributed by atoms with Crippen LogP contribution in [0.2, 0.25) is 0 Å². The Hall–Kier alpha value is -2.01. The van der Waals surface area contributed by atoms with Gasteiger partial charge in [-0.25, -0.2) is 4.98 Å². The minimum absolute atomic E-state index is 0.159. The highest BCUT2D eigenvalue weighted by atomic mass is 16.1. The highest BCUT2D eigenvalue weighted by Crippen LogP contribution is 2.08. The quantitative estimate of drug-likeness (QED) is 0.820. The predicted molar refractivity (Wildman–Crippen MR) is 65.5 cm³/mol. The van der Waals surface area contributed by atoms with Crippen molar-refractivity contribution in [2.45, 2.75) is 13.5 Å². The van der Waals surface area contributed by atoms with Gasteiger partial charge in [0.15, 0.2) is 5.82 Å². The molecule has 2 N–H and O–H groups in total. The number of aromatic amines is 1. The second kappa shape index (κ2) is 5.36. The topological polar surface area (TPSA) is 70.7 Å². The van der Waals surface area contributed by atoms with Crippen molar-refractivity contribution in [3.63, 3.8) is 0 Å². The number of rotatable bonds is 4. The van der Waals surface area contributed by atoms with Gasteiger partial charge in [-0.2, -0.15) is 0 Å². The number of nitrogens with one attached hydrogen (secondary N) is 2. The normalized spacial score (nSPS) is 10.4. The average Bonchev–Trinajstić information content (AvgIpc) is 2.37. The van der Waals surface area contributed by atoms with Crippen LogP contribution in [0.3, 0.4) is 0 Å². The fraction of sp³-hybridized carbons (Fsp3) is 0.250. The van der Waals surface area contributed by atoms with E-state index in [1.807, 2.05) is 25.1 Å². The second-order valence-corrected chi connectivity index (χ2v) is 3.58. The summed E-state index contributed by atoms with van der Waals surface area (Å²) in [5, 5.41) is 3.13. The zero-order valence-corrected chi connectivity index (χ0v) is 9.60. The Balaban J connectivity index is 2.35.